The molecule has 0 radical (unpaired) electrons. The Balaban J connectivity index is 1.55. The summed E-state index contributed by atoms with van der Waals surface area (Å²) in [4.78, 5) is 12.2. The summed E-state index contributed by atoms with van der Waals surface area (Å²) in [5, 5.41) is 1.69. The van der Waals surface area contributed by atoms with Crippen LogP contribution < -0.4 is 4.74 Å². The Kier molecular flexibility index (Phi) is 4.79. The minimum absolute atomic E-state index is 0.00236. The van der Waals surface area contributed by atoms with Gasteiger partial charge in [-0.05, 0) is 55.5 Å². The molecule has 2 aliphatic heterocycles. The minimum Gasteiger partial charge on any atom is -0.494 e. The van der Waals surface area contributed by atoms with E-state index >= 15 is 0 Å². The predicted molar refractivity (Wildman–Crippen MR) is 118 cm³/mol. The van der Waals surface area contributed by atoms with Crippen molar-refractivity contribution >= 4 is 16.9 Å². The summed E-state index contributed by atoms with van der Waals surface area (Å²) >= 11 is 1.87. The number of amidine groups is 1. The monoisotopic (exact) mass is 404 g/mol. The Labute approximate surface area is 175 Å². The van der Waals surface area contributed by atoms with E-state index in [-0.39, 0.29) is 12.1 Å². The SMILES string of the molecule is CCOc1ccc(-n2cccc2[C@@H]2[C@@H](c3ccccn3)N=C3S[C@@H](C)CN32)cc1. The van der Waals surface area contributed by atoms with Gasteiger partial charge in [0.05, 0.1) is 18.3 Å². The van der Waals surface area contributed by atoms with Crippen molar-refractivity contribution in [1.29, 1.82) is 0 Å². The third-order valence-electron chi connectivity index (χ3n) is 5.39. The Hall–Kier alpha value is -2.73. The maximum Gasteiger partial charge on any atom is 0.160 e. The molecule has 4 heterocycles. The zero-order valence-electron chi connectivity index (χ0n) is 16.6. The van der Waals surface area contributed by atoms with Crippen molar-refractivity contribution in [1.82, 2.24) is 14.5 Å². The van der Waals surface area contributed by atoms with E-state index in [1.165, 1.54) is 5.69 Å². The first-order chi connectivity index (χ1) is 14.2. The zero-order chi connectivity index (χ0) is 19.8. The molecule has 3 atom stereocenters. The number of hydrogen-bond donors (Lipinski definition) is 0. The summed E-state index contributed by atoms with van der Waals surface area (Å²) in [6, 6.07) is 18.8. The Bertz CT molecular complexity index is 1010. The Morgan fingerprint density at radius 3 is 2.72 bits per heavy atom. The van der Waals surface area contributed by atoms with Crippen LogP contribution in [0.15, 0.2) is 72.0 Å². The first-order valence-electron chi connectivity index (χ1n) is 10.1. The fourth-order valence-corrected chi connectivity index (χ4v) is 5.27. The van der Waals surface area contributed by atoms with Crippen LogP contribution in [0.25, 0.3) is 5.69 Å². The number of benzene rings is 1. The molecule has 0 unspecified atom stereocenters. The van der Waals surface area contributed by atoms with Gasteiger partial charge in [0.15, 0.2) is 5.17 Å². The average Bonchev–Trinajstić information content (AvgIpc) is 3.43. The summed E-state index contributed by atoms with van der Waals surface area (Å²) in [7, 11) is 0. The second-order valence-electron chi connectivity index (χ2n) is 7.37. The summed E-state index contributed by atoms with van der Waals surface area (Å²) in [5.74, 6) is 0.896. The van der Waals surface area contributed by atoms with Gasteiger partial charge < -0.3 is 14.2 Å². The molecule has 0 spiro atoms. The quantitative estimate of drug-likeness (QED) is 0.609. The van der Waals surface area contributed by atoms with Crippen LogP contribution in [0.1, 0.15) is 37.3 Å². The van der Waals surface area contributed by atoms with Crippen LogP contribution in [-0.4, -0.2) is 38.0 Å². The molecule has 2 aliphatic rings. The number of thioether (sulfide) groups is 1. The van der Waals surface area contributed by atoms with Crippen LogP contribution in [0.2, 0.25) is 0 Å². The highest BCUT2D eigenvalue weighted by molar-refractivity contribution is 8.14. The molecule has 5 rings (SSSR count). The average molecular weight is 405 g/mol. The minimum atomic E-state index is 0.00236. The number of nitrogens with zero attached hydrogens (tertiary/aromatic N) is 4. The number of hydrogen-bond acceptors (Lipinski definition) is 5. The summed E-state index contributed by atoms with van der Waals surface area (Å²) in [5.41, 5.74) is 3.38. The molecule has 29 heavy (non-hydrogen) atoms. The zero-order valence-corrected chi connectivity index (χ0v) is 17.4. The highest BCUT2D eigenvalue weighted by atomic mass is 32.2. The molecule has 0 N–H and O–H groups in total. The summed E-state index contributed by atoms with van der Waals surface area (Å²) < 4.78 is 7.87. The maximum atomic E-state index is 5.60. The van der Waals surface area contributed by atoms with Gasteiger partial charge in [0.25, 0.3) is 0 Å². The standard InChI is InChI=1S/C23H24N4OS/c1-3-28-18-11-9-17(10-12-18)26-14-6-8-20(26)22-21(19-7-4-5-13-24-19)25-23-27(22)15-16(2)29-23/h4-14,16,21-22H,3,15H2,1-2H3/t16-,21+,22+/m0/s1. The van der Waals surface area contributed by atoms with E-state index in [9.17, 15) is 0 Å². The van der Waals surface area contributed by atoms with Gasteiger partial charge in [-0.2, -0.15) is 0 Å². The van der Waals surface area contributed by atoms with E-state index in [1.54, 1.807) is 0 Å². The molecule has 148 valence electrons. The lowest BCUT2D eigenvalue weighted by atomic mass is 10.0. The fourth-order valence-electron chi connectivity index (χ4n) is 4.18. The highest BCUT2D eigenvalue weighted by Gasteiger charge is 2.44. The fraction of sp³-hybridized carbons (Fsp3) is 0.304. The third-order valence-corrected chi connectivity index (χ3v) is 6.49. The normalized spacial score (nSPS) is 23.2. The van der Waals surface area contributed by atoms with Gasteiger partial charge in [0.2, 0.25) is 0 Å². The summed E-state index contributed by atoms with van der Waals surface area (Å²) in [6.45, 7) is 5.95. The van der Waals surface area contributed by atoms with Crippen LogP contribution >= 0.6 is 11.8 Å². The van der Waals surface area contributed by atoms with E-state index in [2.05, 4.69) is 57.9 Å². The molecular weight excluding hydrogens is 380 g/mol. The molecule has 0 saturated carbocycles. The van der Waals surface area contributed by atoms with Gasteiger partial charge in [-0.1, -0.05) is 24.8 Å². The molecule has 2 aromatic heterocycles. The number of aromatic nitrogens is 2. The van der Waals surface area contributed by atoms with Crippen molar-refractivity contribution in [2.45, 2.75) is 31.2 Å². The van der Waals surface area contributed by atoms with Crippen molar-refractivity contribution in [3.8, 4) is 11.4 Å². The topological polar surface area (TPSA) is 42.6 Å². The predicted octanol–water partition coefficient (Wildman–Crippen LogP) is 4.86. The molecule has 5 nitrogen and oxygen atoms in total. The number of fused-ring (bicyclic) bond motifs is 1. The van der Waals surface area contributed by atoms with Crippen molar-refractivity contribution in [3.05, 3.63) is 78.4 Å². The van der Waals surface area contributed by atoms with Crippen molar-refractivity contribution < 1.29 is 4.74 Å². The van der Waals surface area contributed by atoms with E-state index in [0.717, 1.165) is 28.8 Å². The molecule has 0 bridgehead atoms. The van der Waals surface area contributed by atoms with Crippen molar-refractivity contribution in [2.24, 2.45) is 4.99 Å². The largest absolute Gasteiger partial charge is 0.494 e. The van der Waals surface area contributed by atoms with Crippen LogP contribution in [-0.2, 0) is 0 Å². The van der Waals surface area contributed by atoms with E-state index in [0.29, 0.717) is 11.9 Å². The molecule has 0 amide bonds. The third kappa shape index (κ3) is 3.31. The molecule has 0 aliphatic carbocycles. The van der Waals surface area contributed by atoms with Gasteiger partial charge in [0, 0.05) is 35.6 Å². The number of rotatable bonds is 5. The molecule has 6 heteroatoms. The molecule has 1 aromatic carbocycles. The second kappa shape index (κ2) is 7.59. The first-order valence-corrected chi connectivity index (χ1v) is 10.9. The van der Waals surface area contributed by atoms with Crippen LogP contribution in [0.3, 0.4) is 0 Å². The number of aliphatic imine (C=N–C) groups is 1. The van der Waals surface area contributed by atoms with Crippen LogP contribution in [0.4, 0.5) is 0 Å². The van der Waals surface area contributed by atoms with Crippen molar-refractivity contribution in [3.63, 3.8) is 0 Å². The van der Waals surface area contributed by atoms with E-state index < -0.39 is 0 Å². The molecular formula is C23H24N4OS. The Morgan fingerprint density at radius 1 is 1.10 bits per heavy atom. The van der Waals surface area contributed by atoms with Gasteiger partial charge in [0.1, 0.15) is 11.8 Å². The van der Waals surface area contributed by atoms with Gasteiger partial charge in [-0.25, -0.2) is 0 Å². The smallest absolute Gasteiger partial charge is 0.160 e. The number of ether oxygens (including phenoxy) is 1. The van der Waals surface area contributed by atoms with E-state index in [1.807, 2.05) is 49.1 Å². The molecule has 3 aromatic rings. The first kappa shape index (κ1) is 18.3. The number of pyridine rings is 1. The van der Waals surface area contributed by atoms with Gasteiger partial charge in [-0.15, -0.1) is 0 Å². The van der Waals surface area contributed by atoms with Gasteiger partial charge >= 0.3 is 0 Å². The lowest BCUT2D eigenvalue weighted by molar-refractivity contribution is 0.312. The van der Waals surface area contributed by atoms with E-state index in [4.69, 9.17) is 9.73 Å². The summed E-state index contributed by atoms with van der Waals surface area (Å²) in [6.07, 6.45) is 3.99. The second-order valence-corrected chi connectivity index (χ2v) is 8.77. The lowest BCUT2D eigenvalue weighted by Gasteiger charge is -2.28. The van der Waals surface area contributed by atoms with Crippen LogP contribution in [0.5, 0.6) is 5.75 Å². The Morgan fingerprint density at radius 2 is 1.97 bits per heavy atom. The maximum absolute atomic E-state index is 5.60. The molecule has 1 fully saturated rings. The lowest BCUT2D eigenvalue weighted by Crippen LogP contribution is -2.30. The van der Waals surface area contributed by atoms with Gasteiger partial charge in [-0.3, -0.25) is 9.98 Å². The van der Waals surface area contributed by atoms with Crippen LogP contribution in [0, 0.1) is 0 Å². The van der Waals surface area contributed by atoms with Crippen molar-refractivity contribution in [2.75, 3.05) is 13.2 Å². The molecule has 1 saturated heterocycles. The highest BCUT2D eigenvalue weighted by Crippen LogP contribution is 2.47.